The van der Waals surface area contributed by atoms with Crippen LogP contribution in [0.15, 0.2) is 72.8 Å². The average Bonchev–Trinajstić information content (AvgIpc) is 2.86. The zero-order valence-electron chi connectivity index (χ0n) is 18.9. The van der Waals surface area contributed by atoms with E-state index in [0.29, 0.717) is 20.6 Å². The molecule has 0 aliphatic heterocycles. The zero-order valence-corrected chi connectivity index (χ0v) is 21.0. The molecule has 188 valence electrons. The molecule has 0 atom stereocenters. The number of carbonyl (C=O) groups is 1. The summed E-state index contributed by atoms with van der Waals surface area (Å²) in [6.07, 6.45) is -9.89. The summed E-state index contributed by atoms with van der Waals surface area (Å²) in [5.41, 5.74) is -2.54. The lowest BCUT2D eigenvalue weighted by Gasteiger charge is -2.17. The van der Waals surface area contributed by atoms with Crippen LogP contribution in [-0.4, -0.2) is 13.1 Å². The molecule has 0 aromatic heterocycles. The third-order valence-corrected chi connectivity index (χ3v) is 7.19. The van der Waals surface area contributed by atoms with Gasteiger partial charge in [0.1, 0.15) is 0 Å². The van der Waals surface area contributed by atoms with E-state index in [2.05, 4.69) is 0 Å². The molecule has 0 N–H and O–H groups in total. The molecule has 5 rings (SSSR count). The van der Waals surface area contributed by atoms with Gasteiger partial charge in [0.25, 0.3) is 0 Å². The topological polar surface area (TPSA) is 26.3 Å². The predicted octanol–water partition coefficient (Wildman–Crippen LogP) is 9.24. The molecule has 5 aromatic carbocycles. The number of halogens is 7. The Labute approximate surface area is 220 Å². The number of fused-ring (bicyclic) bond motifs is 6. The van der Waals surface area contributed by atoms with Crippen LogP contribution in [0.1, 0.15) is 21.5 Å². The molecule has 0 spiro atoms. The summed E-state index contributed by atoms with van der Waals surface area (Å²) in [5.74, 6) is -0.493. The molecule has 0 bridgehead atoms. The second-order valence-electron chi connectivity index (χ2n) is 8.43. The Bertz CT molecular complexity index is 1720. The van der Waals surface area contributed by atoms with Crippen molar-refractivity contribution in [3.05, 3.63) is 93.1 Å². The second-order valence-corrected chi connectivity index (χ2v) is 9.59. The lowest BCUT2D eigenvalue weighted by Crippen LogP contribution is -2.12. The van der Waals surface area contributed by atoms with E-state index in [1.807, 2.05) is 46.9 Å². The molecule has 0 saturated carbocycles. The summed E-state index contributed by atoms with van der Waals surface area (Å²) in [6, 6.07) is 17.2. The number of alkyl halides is 6. The third kappa shape index (κ3) is 4.39. The average molecular weight is 624 g/mol. The van der Waals surface area contributed by atoms with Gasteiger partial charge in [-0.15, -0.1) is 0 Å². The Morgan fingerprint density at radius 2 is 1.30 bits per heavy atom. The molecule has 0 heterocycles. The first kappa shape index (κ1) is 25.3. The van der Waals surface area contributed by atoms with Gasteiger partial charge < -0.3 is 4.74 Å². The predicted molar refractivity (Wildman–Crippen MR) is 138 cm³/mol. The minimum absolute atomic E-state index is 0.138. The Kier molecular flexibility index (Phi) is 6.09. The van der Waals surface area contributed by atoms with Gasteiger partial charge in [0, 0.05) is 3.57 Å². The van der Waals surface area contributed by atoms with Crippen LogP contribution in [0.4, 0.5) is 26.3 Å². The molecule has 0 unspecified atom stereocenters. The molecule has 9 heteroatoms. The quantitative estimate of drug-likeness (QED) is 0.0848. The monoisotopic (exact) mass is 624 g/mol. The summed E-state index contributed by atoms with van der Waals surface area (Å²) in [4.78, 5) is 12.3. The van der Waals surface area contributed by atoms with E-state index >= 15 is 0 Å². The number of hydrogen-bond acceptors (Lipinski definition) is 2. The van der Waals surface area contributed by atoms with Crippen molar-refractivity contribution in [2.24, 2.45) is 0 Å². The Morgan fingerprint density at radius 3 is 1.89 bits per heavy atom. The van der Waals surface area contributed by atoms with Gasteiger partial charge >= 0.3 is 18.3 Å². The van der Waals surface area contributed by atoms with Gasteiger partial charge in [0.05, 0.1) is 23.8 Å². The van der Waals surface area contributed by atoms with E-state index in [1.54, 1.807) is 24.3 Å². The maximum absolute atomic E-state index is 13.8. The van der Waals surface area contributed by atoms with Crippen LogP contribution in [0, 0.1) is 3.57 Å². The van der Waals surface area contributed by atoms with Crippen LogP contribution in [0.5, 0.6) is 0 Å². The number of rotatable bonds is 2. The van der Waals surface area contributed by atoms with Crippen molar-refractivity contribution < 1.29 is 35.9 Å². The van der Waals surface area contributed by atoms with Crippen LogP contribution in [-0.2, 0) is 17.1 Å². The highest BCUT2D eigenvalue weighted by Gasteiger charge is 2.38. The fourth-order valence-corrected chi connectivity index (χ4v) is 5.30. The second kappa shape index (κ2) is 8.90. The number of benzene rings is 5. The lowest BCUT2D eigenvalue weighted by molar-refractivity contribution is -0.142. The van der Waals surface area contributed by atoms with Crippen molar-refractivity contribution in [3.8, 4) is 11.1 Å². The maximum atomic E-state index is 13.8. The lowest BCUT2D eigenvalue weighted by atomic mass is 9.90. The van der Waals surface area contributed by atoms with Crippen LogP contribution in [0.25, 0.3) is 43.4 Å². The van der Waals surface area contributed by atoms with Gasteiger partial charge in [-0.25, -0.2) is 4.79 Å². The first-order chi connectivity index (χ1) is 17.4. The molecule has 0 aliphatic carbocycles. The van der Waals surface area contributed by atoms with Crippen molar-refractivity contribution >= 4 is 60.9 Å². The first-order valence-corrected chi connectivity index (χ1v) is 11.9. The number of ether oxygens (including phenoxy) is 1. The van der Waals surface area contributed by atoms with E-state index in [4.69, 9.17) is 4.74 Å². The SMILES string of the molecule is COC(=O)c1cc2c3ccccc3c3cc(-c4ccc(C(F)(F)F)cc4C(F)(F)F)ccc3c2cc1I. The van der Waals surface area contributed by atoms with Crippen LogP contribution in [0.2, 0.25) is 0 Å². The molecule has 0 radical (unpaired) electrons. The number of carbonyl (C=O) groups excluding carboxylic acids is 1. The molecule has 37 heavy (non-hydrogen) atoms. The largest absolute Gasteiger partial charge is 0.465 e. The van der Waals surface area contributed by atoms with Crippen molar-refractivity contribution in [3.63, 3.8) is 0 Å². The minimum Gasteiger partial charge on any atom is -0.465 e. The van der Waals surface area contributed by atoms with Crippen molar-refractivity contribution in [2.75, 3.05) is 7.11 Å². The van der Waals surface area contributed by atoms with Crippen LogP contribution < -0.4 is 0 Å². The van der Waals surface area contributed by atoms with Gasteiger partial charge in [-0.3, -0.25) is 0 Å². The fourth-order valence-electron chi connectivity index (χ4n) is 4.61. The highest BCUT2D eigenvalue weighted by atomic mass is 127. The Hall–Kier alpha value is -3.34. The highest BCUT2D eigenvalue weighted by molar-refractivity contribution is 14.1. The van der Waals surface area contributed by atoms with E-state index < -0.39 is 29.4 Å². The normalized spacial score (nSPS) is 12.4. The molecule has 0 saturated heterocycles. The Balaban J connectivity index is 1.84. The number of methoxy groups -OCH3 is 1. The summed E-state index contributed by atoms with van der Waals surface area (Å²) in [6.45, 7) is 0. The van der Waals surface area contributed by atoms with Gasteiger partial charge in [0.15, 0.2) is 0 Å². The summed E-state index contributed by atoms with van der Waals surface area (Å²) in [5, 5.41) is 4.40. The maximum Gasteiger partial charge on any atom is 0.417 e. The van der Waals surface area contributed by atoms with Crippen molar-refractivity contribution in [1.29, 1.82) is 0 Å². The molecule has 0 aliphatic rings. The van der Waals surface area contributed by atoms with E-state index in [1.165, 1.54) is 13.2 Å². The van der Waals surface area contributed by atoms with Crippen molar-refractivity contribution in [2.45, 2.75) is 12.4 Å². The van der Waals surface area contributed by atoms with E-state index in [0.717, 1.165) is 33.0 Å². The first-order valence-electron chi connectivity index (χ1n) is 10.8. The number of hydrogen-bond donors (Lipinski definition) is 0. The summed E-state index contributed by atoms with van der Waals surface area (Å²) >= 11 is 2.02. The van der Waals surface area contributed by atoms with E-state index in [-0.39, 0.29) is 17.2 Å². The van der Waals surface area contributed by atoms with Crippen LogP contribution in [0.3, 0.4) is 0 Å². The summed E-state index contributed by atoms with van der Waals surface area (Å²) in [7, 11) is 1.29. The van der Waals surface area contributed by atoms with Gasteiger partial charge in [0.2, 0.25) is 0 Å². The molecule has 0 fully saturated rings. The fraction of sp³-hybridized carbons (Fsp3) is 0.107. The standard InChI is InChI=1S/C28H15F6IO2/c1-37-26(36)23-12-21-18-5-3-2-4-17(18)20-10-14(6-8-19(20)22(21)13-25(23)35)16-9-7-15(27(29,30)31)11-24(16)28(32,33)34/h2-13H,1H3. The van der Waals surface area contributed by atoms with E-state index in [9.17, 15) is 31.1 Å². The zero-order chi connectivity index (χ0) is 26.7. The molecule has 5 aromatic rings. The molecular weight excluding hydrogens is 609 g/mol. The smallest absolute Gasteiger partial charge is 0.417 e. The highest BCUT2D eigenvalue weighted by Crippen LogP contribution is 2.43. The van der Waals surface area contributed by atoms with Crippen molar-refractivity contribution in [1.82, 2.24) is 0 Å². The minimum atomic E-state index is -4.99. The van der Waals surface area contributed by atoms with Crippen LogP contribution >= 0.6 is 22.6 Å². The Morgan fingerprint density at radius 1 is 0.703 bits per heavy atom. The van der Waals surface area contributed by atoms with Gasteiger partial charge in [-0.05, 0) is 96.4 Å². The van der Waals surface area contributed by atoms with Gasteiger partial charge in [-0.2, -0.15) is 26.3 Å². The molecule has 2 nitrogen and oxygen atoms in total. The molecular formula is C28H15F6IO2. The third-order valence-electron chi connectivity index (χ3n) is 6.29. The number of esters is 1. The van der Waals surface area contributed by atoms with Gasteiger partial charge in [-0.1, -0.05) is 42.5 Å². The summed E-state index contributed by atoms with van der Waals surface area (Å²) < 4.78 is 86.5. The molecule has 0 amide bonds.